The molecule has 0 aliphatic heterocycles. The molecule has 0 aromatic carbocycles. The summed E-state index contributed by atoms with van der Waals surface area (Å²) in [5.41, 5.74) is 3.98. The Morgan fingerprint density at radius 1 is 0.348 bits per heavy atom. The zero-order chi connectivity index (χ0) is 33.8. The van der Waals surface area contributed by atoms with E-state index in [4.69, 9.17) is 0 Å². The molecule has 0 heteroatoms. The van der Waals surface area contributed by atoms with Crippen LogP contribution in [0.3, 0.4) is 0 Å². The van der Waals surface area contributed by atoms with Crippen molar-refractivity contribution in [2.45, 2.75) is 212 Å². The van der Waals surface area contributed by atoms with Crippen LogP contribution >= 0.6 is 0 Å². The summed E-state index contributed by atoms with van der Waals surface area (Å²) in [4.78, 5) is 0. The van der Waals surface area contributed by atoms with Crippen molar-refractivity contribution in [2.24, 2.45) is 79.8 Å². The maximum Gasteiger partial charge on any atom is -0.0264 e. The van der Waals surface area contributed by atoms with Gasteiger partial charge in [-0.05, 0) is 163 Å². The molecule has 0 nitrogen and oxygen atoms in total. The lowest BCUT2D eigenvalue weighted by molar-refractivity contribution is -0.104. The van der Waals surface area contributed by atoms with E-state index in [0.717, 1.165) is 58.2 Å². The highest BCUT2D eigenvalue weighted by Crippen LogP contribution is 2.65. The van der Waals surface area contributed by atoms with Gasteiger partial charge in [-0.1, -0.05) is 128 Å². The van der Waals surface area contributed by atoms with Gasteiger partial charge < -0.3 is 0 Å². The summed E-state index contributed by atoms with van der Waals surface area (Å²) in [6, 6.07) is 0. The monoisotopic (exact) mass is 637 g/mol. The van der Waals surface area contributed by atoms with E-state index >= 15 is 0 Å². The number of fused-ring (bicyclic) bond motifs is 2. The summed E-state index contributed by atoms with van der Waals surface area (Å²) in [5, 5.41) is 0. The Bertz CT molecular complexity index is 942. The molecule has 2 spiro atoms. The second kappa shape index (κ2) is 13.6. The van der Waals surface area contributed by atoms with E-state index in [0.29, 0.717) is 21.7 Å². The average Bonchev–Trinajstić information content (AvgIpc) is 3.44. The maximum absolute atomic E-state index is 2.43. The van der Waals surface area contributed by atoms with E-state index < -0.39 is 0 Å². The van der Waals surface area contributed by atoms with Crippen LogP contribution in [0.5, 0.6) is 0 Å². The minimum Gasteiger partial charge on any atom is -0.0599 e. The Morgan fingerprint density at radius 3 is 1.13 bits per heavy atom. The predicted octanol–water partition coefficient (Wildman–Crippen LogP) is 14.9. The molecule has 0 bridgehead atoms. The van der Waals surface area contributed by atoms with Crippen LogP contribution in [0, 0.1) is 79.8 Å². The van der Waals surface area contributed by atoms with Gasteiger partial charge in [-0.3, -0.25) is 0 Å². The molecule has 268 valence electrons. The fourth-order valence-corrected chi connectivity index (χ4v) is 13.6. The lowest BCUT2D eigenvalue weighted by Gasteiger charge is -2.61. The topological polar surface area (TPSA) is 0 Å². The van der Waals surface area contributed by atoms with Crippen LogP contribution in [0.25, 0.3) is 0 Å². The Labute approximate surface area is 290 Å². The fourth-order valence-electron chi connectivity index (χ4n) is 13.6. The van der Waals surface area contributed by atoms with Gasteiger partial charge in [0.05, 0.1) is 0 Å². The Morgan fingerprint density at radius 2 is 0.804 bits per heavy atom. The Hall–Kier alpha value is 0. The standard InChI is InChI=1S/2C12H22.2C11H20/c1-11(2,3)10-6-9-12(10)7-4-5-8-12;1-12(2,3)11-6-4-5-9-7-8-10(9)11;1-10(2,3)9-5-8-11(9)6-4-7-11;1-11(2,3)10-7-8-5-4-6-9(8)10/h10H,4-9H2,1-3H3;9-11H,4-8H2,1-3H3;9H,4-8H2,1-3H3;8-10H,4-7H2,1-3H3. The van der Waals surface area contributed by atoms with Gasteiger partial charge >= 0.3 is 0 Å². The molecule has 46 heavy (non-hydrogen) atoms. The summed E-state index contributed by atoms with van der Waals surface area (Å²) in [5.74, 6) is 8.66. The fraction of sp³-hybridized carbons (Fsp3) is 1.00. The predicted molar refractivity (Wildman–Crippen MR) is 203 cm³/mol. The van der Waals surface area contributed by atoms with E-state index in [2.05, 4.69) is 83.1 Å². The maximum atomic E-state index is 2.43. The highest BCUT2D eigenvalue weighted by molar-refractivity contribution is 5.05. The molecular formula is C46H84. The largest absolute Gasteiger partial charge is 0.0599 e. The van der Waals surface area contributed by atoms with E-state index in [9.17, 15) is 0 Å². The van der Waals surface area contributed by atoms with E-state index in [1.807, 2.05) is 0 Å². The SMILES string of the molecule is CC(C)(C)C1CC2CCCC21.CC(C)(C)C1CCC12CCC2.CC(C)(C)C1CCC12CCCC2.CC(C)(C)C1CCCC2CCC21. The van der Waals surface area contributed by atoms with Crippen LogP contribution in [-0.4, -0.2) is 0 Å². The van der Waals surface area contributed by atoms with E-state index in [1.54, 1.807) is 0 Å². The molecule has 8 rings (SSSR count). The molecule has 8 aliphatic rings. The summed E-state index contributed by atoms with van der Waals surface area (Å²) >= 11 is 0. The smallest absolute Gasteiger partial charge is 0.0264 e. The van der Waals surface area contributed by atoms with Crippen LogP contribution in [0.4, 0.5) is 0 Å². The van der Waals surface area contributed by atoms with Crippen molar-refractivity contribution in [1.82, 2.24) is 0 Å². The molecule has 8 unspecified atom stereocenters. The zero-order valence-corrected chi connectivity index (χ0v) is 33.8. The third-order valence-corrected chi connectivity index (χ3v) is 16.5. The third kappa shape index (κ3) is 7.82. The van der Waals surface area contributed by atoms with Crippen molar-refractivity contribution in [2.75, 3.05) is 0 Å². The minimum atomic E-state index is 0.572. The van der Waals surface area contributed by atoms with Gasteiger partial charge in [0.15, 0.2) is 0 Å². The number of hydrogen-bond donors (Lipinski definition) is 0. The molecule has 0 N–H and O–H groups in total. The molecule has 8 fully saturated rings. The van der Waals surface area contributed by atoms with Crippen LogP contribution in [0.2, 0.25) is 0 Å². The average molecular weight is 637 g/mol. The minimum absolute atomic E-state index is 0.572. The first-order valence-corrected chi connectivity index (χ1v) is 21.3. The molecule has 0 radical (unpaired) electrons. The van der Waals surface area contributed by atoms with Gasteiger partial charge in [0, 0.05) is 0 Å². The summed E-state index contributed by atoms with van der Waals surface area (Å²) in [7, 11) is 0. The Balaban J connectivity index is 0.000000121. The quantitative estimate of drug-likeness (QED) is 0.248. The van der Waals surface area contributed by atoms with Crippen LogP contribution < -0.4 is 0 Å². The van der Waals surface area contributed by atoms with Gasteiger partial charge in [0.2, 0.25) is 0 Å². The summed E-state index contributed by atoms with van der Waals surface area (Å²) < 4.78 is 0. The molecular weight excluding hydrogens is 553 g/mol. The molecule has 0 aromatic heterocycles. The van der Waals surface area contributed by atoms with Crippen molar-refractivity contribution in [3.63, 3.8) is 0 Å². The van der Waals surface area contributed by atoms with Crippen LogP contribution in [-0.2, 0) is 0 Å². The van der Waals surface area contributed by atoms with Gasteiger partial charge in [-0.15, -0.1) is 0 Å². The van der Waals surface area contributed by atoms with Gasteiger partial charge in [-0.25, -0.2) is 0 Å². The zero-order valence-electron chi connectivity index (χ0n) is 33.8. The normalized spacial score (nSPS) is 38.3. The molecule has 8 aliphatic carbocycles. The Kier molecular flexibility index (Phi) is 11.0. The number of rotatable bonds is 0. The second-order valence-electron chi connectivity index (χ2n) is 23.2. The first-order valence-electron chi connectivity index (χ1n) is 21.3. The summed E-state index contributed by atoms with van der Waals surface area (Å²) in [6.45, 7) is 29.0. The van der Waals surface area contributed by atoms with Crippen LogP contribution in [0.15, 0.2) is 0 Å². The summed E-state index contributed by atoms with van der Waals surface area (Å²) in [6.07, 6.45) is 30.5. The molecule has 0 saturated heterocycles. The molecule has 8 atom stereocenters. The van der Waals surface area contributed by atoms with Crippen molar-refractivity contribution in [3.8, 4) is 0 Å². The second-order valence-corrected chi connectivity index (χ2v) is 23.2. The van der Waals surface area contributed by atoms with Crippen molar-refractivity contribution in [1.29, 1.82) is 0 Å². The third-order valence-electron chi connectivity index (χ3n) is 16.5. The molecule has 0 heterocycles. The van der Waals surface area contributed by atoms with Gasteiger partial charge in [0.25, 0.3) is 0 Å². The first-order chi connectivity index (χ1) is 21.3. The highest BCUT2D eigenvalue weighted by Gasteiger charge is 2.54. The molecule has 0 aromatic rings. The van der Waals surface area contributed by atoms with Gasteiger partial charge in [-0.2, -0.15) is 0 Å². The van der Waals surface area contributed by atoms with Crippen LogP contribution in [0.1, 0.15) is 212 Å². The first kappa shape index (κ1) is 37.3. The molecule has 0 amide bonds. The van der Waals surface area contributed by atoms with Gasteiger partial charge in [0.1, 0.15) is 0 Å². The lowest BCUT2D eigenvalue weighted by atomic mass is 9.44. The number of hydrogen-bond acceptors (Lipinski definition) is 0. The van der Waals surface area contributed by atoms with E-state index in [1.165, 1.54) is 128 Å². The van der Waals surface area contributed by atoms with Crippen molar-refractivity contribution in [3.05, 3.63) is 0 Å². The van der Waals surface area contributed by atoms with Crippen molar-refractivity contribution < 1.29 is 0 Å². The highest BCUT2D eigenvalue weighted by atomic mass is 14.6. The molecule has 8 saturated carbocycles. The van der Waals surface area contributed by atoms with Crippen molar-refractivity contribution >= 4 is 0 Å². The van der Waals surface area contributed by atoms with E-state index in [-0.39, 0.29) is 0 Å². The lowest BCUT2D eigenvalue weighted by Crippen LogP contribution is -2.51.